The molecule has 1 saturated heterocycles. The maximum absolute atomic E-state index is 12.6. The number of aromatic nitrogens is 2. The Bertz CT molecular complexity index is 622. The van der Waals surface area contributed by atoms with E-state index in [4.69, 9.17) is 10.5 Å². The quantitative estimate of drug-likeness (QED) is 0.894. The molecule has 0 bridgehead atoms. The van der Waals surface area contributed by atoms with E-state index in [1.165, 1.54) is 0 Å². The summed E-state index contributed by atoms with van der Waals surface area (Å²) in [6, 6.07) is 9.45. The number of rotatable bonds is 4. The second-order valence-corrected chi connectivity index (χ2v) is 5.55. The summed E-state index contributed by atoms with van der Waals surface area (Å²) in [6.45, 7) is 1.51. The summed E-state index contributed by atoms with van der Waals surface area (Å²) < 4.78 is 7.11. The average molecular weight is 337 g/mol. The van der Waals surface area contributed by atoms with Crippen molar-refractivity contribution in [2.45, 2.75) is 12.8 Å². The van der Waals surface area contributed by atoms with E-state index in [2.05, 4.69) is 10.4 Å². The molecule has 23 heavy (non-hydrogen) atoms. The molecule has 6 nitrogen and oxygen atoms in total. The molecule has 1 amide bonds. The topological polar surface area (TPSA) is 82.2 Å². The van der Waals surface area contributed by atoms with Gasteiger partial charge in [-0.15, -0.1) is 12.4 Å². The van der Waals surface area contributed by atoms with Gasteiger partial charge in [0.2, 0.25) is 5.91 Å². The van der Waals surface area contributed by atoms with Crippen molar-refractivity contribution < 1.29 is 9.53 Å². The standard InChI is InChI=1S/C16H20N4O2.ClH/c17-12-16(6-10-22-11-7-16)15(21)19-13-2-4-14(5-3-13)20-9-1-8-18-20;/h1-5,8-9H,6-7,10-12,17H2,(H,19,21);1H. The van der Waals surface area contributed by atoms with Gasteiger partial charge in [-0.2, -0.15) is 5.10 Å². The van der Waals surface area contributed by atoms with Crippen LogP contribution in [0.2, 0.25) is 0 Å². The van der Waals surface area contributed by atoms with Crippen LogP contribution in [0, 0.1) is 5.41 Å². The summed E-state index contributed by atoms with van der Waals surface area (Å²) in [5.74, 6) is -0.0230. The summed E-state index contributed by atoms with van der Waals surface area (Å²) in [4.78, 5) is 12.6. The van der Waals surface area contributed by atoms with Crippen LogP contribution in [-0.4, -0.2) is 35.4 Å². The first-order valence-electron chi connectivity index (χ1n) is 7.43. The predicted molar refractivity (Wildman–Crippen MR) is 91.0 cm³/mol. The van der Waals surface area contributed by atoms with E-state index in [9.17, 15) is 4.79 Å². The third-order valence-electron chi connectivity index (χ3n) is 4.22. The van der Waals surface area contributed by atoms with Crippen LogP contribution in [0.5, 0.6) is 0 Å². The molecular formula is C16H21ClN4O2. The Morgan fingerprint density at radius 3 is 2.57 bits per heavy atom. The normalized spacial score (nSPS) is 16.4. The number of halogens is 1. The van der Waals surface area contributed by atoms with Crippen LogP contribution in [0.15, 0.2) is 42.7 Å². The Hall–Kier alpha value is -1.89. The number of hydrogen-bond acceptors (Lipinski definition) is 4. The highest BCUT2D eigenvalue weighted by Gasteiger charge is 2.38. The lowest BCUT2D eigenvalue weighted by atomic mass is 9.79. The maximum Gasteiger partial charge on any atom is 0.232 e. The van der Waals surface area contributed by atoms with Crippen LogP contribution in [-0.2, 0) is 9.53 Å². The fourth-order valence-electron chi connectivity index (χ4n) is 2.67. The zero-order chi connectivity index (χ0) is 15.4. The third-order valence-corrected chi connectivity index (χ3v) is 4.22. The molecule has 1 aromatic carbocycles. The minimum Gasteiger partial charge on any atom is -0.381 e. The fraction of sp³-hybridized carbons (Fsp3) is 0.375. The Morgan fingerprint density at radius 2 is 2.00 bits per heavy atom. The molecule has 0 saturated carbocycles. The van der Waals surface area contributed by atoms with Gasteiger partial charge in [-0.05, 0) is 43.2 Å². The lowest BCUT2D eigenvalue weighted by Gasteiger charge is -2.34. The molecule has 0 unspecified atom stereocenters. The van der Waals surface area contributed by atoms with Gasteiger partial charge in [0.05, 0.1) is 11.1 Å². The molecule has 0 spiro atoms. The van der Waals surface area contributed by atoms with Crippen molar-refractivity contribution in [2.24, 2.45) is 11.1 Å². The molecule has 0 radical (unpaired) electrons. The minimum atomic E-state index is -0.515. The Morgan fingerprint density at radius 1 is 1.30 bits per heavy atom. The van der Waals surface area contributed by atoms with Crippen LogP contribution in [0.25, 0.3) is 5.69 Å². The van der Waals surface area contributed by atoms with Gasteiger partial charge in [0.15, 0.2) is 0 Å². The van der Waals surface area contributed by atoms with Crippen LogP contribution in [0.4, 0.5) is 5.69 Å². The van der Waals surface area contributed by atoms with Gasteiger partial charge >= 0.3 is 0 Å². The number of carbonyl (C=O) groups excluding carboxylic acids is 1. The van der Waals surface area contributed by atoms with E-state index >= 15 is 0 Å². The van der Waals surface area contributed by atoms with Gasteiger partial charge < -0.3 is 15.8 Å². The summed E-state index contributed by atoms with van der Waals surface area (Å²) in [6.07, 6.45) is 4.94. The van der Waals surface area contributed by atoms with Crippen LogP contribution >= 0.6 is 12.4 Å². The highest BCUT2D eigenvalue weighted by atomic mass is 35.5. The first kappa shape index (κ1) is 17.5. The predicted octanol–water partition coefficient (Wildman–Crippen LogP) is 1.99. The molecule has 1 aliphatic rings. The van der Waals surface area contributed by atoms with Crippen LogP contribution < -0.4 is 11.1 Å². The molecule has 1 aliphatic heterocycles. The zero-order valence-corrected chi connectivity index (χ0v) is 13.6. The van der Waals surface area contributed by atoms with E-state index in [-0.39, 0.29) is 18.3 Å². The Labute approximate surface area is 141 Å². The molecular weight excluding hydrogens is 316 g/mol. The molecule has 2 aromatic rings. The summed E-state index contributed by atoms with van der Waals surface area (Å²) in [5.41, 5.74) is 7.05. The van der Waals surface area contributed by atoms with Gasteiger partial charge in [0, 0.05) is 37.8 Å². The number of anilines is 1. The largest absolute Gasteiger partial charge is 0.381 e. The molecule has 7 heteroatoms. The second kappa shape index (κ2) is 7.59. The fourth-order valence-corrected chi connectivity index (χ4v) is 2.67. The minimum absolute atomic E-state index is 0. The monoisotopic (exact) mass is 336 g/mol. The van der Waals surface area contributed by atoms with Gasteiger partial charge in [0.1, 0.15) is 0 Å². The zero-order valence-electron chi connectivity index (χ0n) is 12.8. The van der Waals surface area contributed by atoms with E-state index in [1.54, 1.807) is 10.9 Å². The van der Waals surface area contributed by atoms with Crippen molar-refractivity contribution in [2.75, 3.05) is 25.1 Å². The number of nitrogens with one attached hydrogen (secondary N) is 1. The van der Waals surface area contributed by atoms with Crippen molar-refractivity contribution in [1.29, 1.82) is 0 Å². The van der Waals surface area contributed by atoms with Crippen molar-refractivity contribution in [3.05, 3.63) is 42.7 Å². The number of amides is 1. The second-order valence-electron chi connectivity index (χ2n) is 5.55. The van der Waals surface area contributed by atoms with Gasteiger partial charge in [0.25, 0.3) is 0 Å². The summed E-state index contributed by atoms with van der Waals surface area (Å²) in [7, 11) is 0. The van der Waals surface area contributed by atoms with Crippen LogP contribution in [0.3, 0.4) is 0 Å². The summed E-state index contributed by atoms with van der Waals surface area (Å²) >= 11 is 0. The highest BCUT2D eigenvalue weighted by Crippen LogP contribution is 2.31. The van der Waals surface area contributed by atoms with E-state index in [0.717, 1.165) is 11.4 Å². The molecule has 124 valence electrons. The Balaban J connectivity index is 0.00000192. The van der Waals surface area contributed by atoms with E-state index in [1.807, 2.05) is 36.5 Å². The number of nitrogens with zero attached hydrogens (tertiary/aromatic N) is 2. The van der Waals surface area contributed by atoms with Crippen molar-refractivity contribution in [3.63, 3.8) is 0 Å². The van der Waals surface area contributed by atoms with Gasteiger partial charge in [-0.1, -0.05) is 0 Å². The number of nitrogens with two attached hydrogens (primary N) is 1. The number of benzene rings is 1. The average Bonchev–Trinajstić information content (AvgIpc) is 3.10. The summed E-state index contributed by atoms with van der Waals surface area (Å²) in [5, 5.41) is 7.15. The van der Waals surface area contributed by atoms with Crippen LogP contribution in [0.1, 0.15) is 12.8 Å². The molecule has 3 rings (SSSR count). The van der Waals surface area contributed by atoms with Crippen molar-refractivity contribution >= 4 is 24.0 Å². The first-order chi connectivity index (χ1) is 10.7. The molecule has 1 aromatic heterocycles. The molecule has 0 atom stereocenters. The smallest absolute Gasteiger partial charge is 0.232 e. The first-order valence-corrected chi connectivity index (χ1v) is 7.43. The molecule has 1 fully saturated rings. The number of carbonyl (C=O) groups is 1. The SMILES string of the molecule is Cl.NCC1(C(=O)Nc2ccc(-n3cccn3)cc2)CCOCC1. The number of ether oxygens (including phenoxy) is 1. The highest BCUT2D eigenvalue weighted by molar-refractivity contribution is 5.95. The molecule has 2 heterocycles. The lowest BCUT2D eigenvalue weighted by Crippen LogP contribution is -2.46. The third kappa shape index (κ3) is 3.72. The van der Waals surface area contributed by atoms with Gasteiger partial charge in [-0.3, -0.25) is 4.79 Å². The Kier molecular flexibility index (Phi) is 5.76. The van der Waals surface area contributed by atoms with E-state index < -0.39 is 5.41 Å². The van der Waals surface area contributed by atoms with Gasteiger partial charge in [-0.25, -0.2) is 4.68 Å². The lowest BCUT2D eigenvalue weighted by molar-refractivity contribution is -0.130. The van der Waals surface area contributed by atoms with E-state index in [0.29, 0.717) is 32.6 Å². The molecule has 0 aliphatic carbocycles. The molecule has 3 N–H and O–H groups in total. The van der Waals surface area contributed by atoms with Crippen molar-refractivity contribution in [1.82, 2.24) is 9.78 Å². The maximum atomic E-state index is 12.6. The van der Waals surface area contributed by atoms with Crippen molar-refractivity contribution in [3.8, 4) is 5.69 Å². The number of hydrogen-bond donors (Lipinski definition) is 2.